The van der Waals surface area contributed by atoms with Crippen LogP contribution in [0.15, 0.2) is 24.3 Å². The number of fused-ring (bicyclic) bond motifs is 1. The normalized spacial score (nSPS) is 22.1. The summed E-state index contributed by atoms with van der Waals surface area (Å²) in [6.45, 7) is 2.65. The molecular formula is C26H30ClN3O4S. The molecule has 9 heteroatoms. The minimum Gasteiger partial charge on any atom is -0.481 e. The summed E-state index contributed by atoms with van der Waals surface area (Å²) >= 11 is 7.50. The van der Waals surface area contributed by atoms with E-state index in [2.05, 4.69) is 10.2 Å². The minimum atomic E-state index is -0.909. The summed E-state index contributed by atoms with van der Waals surface area (Å²) in [5.41, 5.74) is 2.78. The molecule has 1 saturated carbocycles. The molecule has 35 heavy (non-hydrogen) atoms. The lowest BCUT2D eigenvalue weighted by atomic mass is 9.79. The molecule has 5 rings (SSSR count). The van der Waals surface area contributed by atoms with Crippen molar-refractivity contribution in [3.63, 3.8) is 0 Å². The third-order valence-electron chi connectivity index (χ3n) is 7.55. The van der Waals surface area contributed by atoms with Crippen molar-refractivity contribution in [1.29, 1.82) is 0 Å². The second-order valence-corrected chi connectivity index (χ2v) is 11.2. The molecule has 2 amide bonds. The Morgan fingerprint density at radius 2 is 1.63 bits per heavy atom. The molecule has 3 aliphatic rings. The molecule has 0 spiro atoms. The molecule has 2 aliphatic carbocycles. The molecule has 2 fully saturated rings. The van der Waals surface area contributed by atoms with Crippen molar-refractivity contribution < 1.29 is 19.5 Å². The lowest BCUT2D eigenvalue weighted by Crippen LogP contribution is -2.49. The first-order chi connectivity index (χ1) is 16.9. The number of hydrogen-bond donors (Lipinski definition) is 2. The van der Waals surface area contributed by atoms with Crippen LogP contribution in [-0.2, 0) is 22.4 Å². The number of amides is 2. The molecule has 7 nitrogen and oxygen atoms in total. The van der Waals surface area contributed by atoms with Crippen LogP contribution >= 0.6 is 22.9 Å². The number of nitrogens with zero attached hydrogens (tertiary/aromatic N) is 2. The van der Waals surface area contributed by atoms with Gasteiger partial charge in [0.25, 0.3) is 5.91 Å². The first-order valence-electron chi connectivity index (χ1n) is 12.4. The Hall–Kier alpha value is -2.58. The van der Waals surface area contributed by atoms with E-state index in [1.165, 1.54) is 16.2 Å². The molecule has 0 radical (unpaired) electrons. The number of aliphatic carboxylic acids is 1. The number of carboxylic acid groups (broad SMARTS) is 1. The predicted molar refractivity (Wildman–Crippen MR) is 138 cm³/mol. The van der Waals surface area contributed by atoms with Crippen molar-refractivity contribution in [1.82, 2.24) is 4.90 Å². The molecule has 1 aromatic carbocycles. The van der Waals surface area contributed by atoms with Crippen LogP contribution in [0.1, 0.15) is 52.9 Å². The number of halogens is 1. The van der Waals surface area contributed by atoms with Gasteiger partial charge in [-0.3, -0.25) is 14.4 Å². The van der Waals surface area contributed by atoms with E-state index in [1.54, 1.807) is 0 Å². The van der Waals surface area contributed by atoms with E-state index in [0.29, 0.717) is 41.5 Å². The first kappa shape index (κ1) is 24.1. The quantitative estimate of drug-likeness (QED) is 0.603. The summed E-state index contributed by atoms with van der Waals surface area (Å²) in [4.78, 5) is 43.9. The molecule has 1 saturated heterocycles. The van der Waals surface area contributed by atoms with Crippen LogP contribution in [0.5, 0.6) is 0 Å². The Bertz CT molecular complexity index is 1120. The fraction of sp³-hybridized carbons (Fsp3) is 0.500. The summed E-state index contributed by atoms with van der Waals surface area (Å²) in [7, 11) is 0. The Balaban J connectivity index is 1.32. The number of thiophene rings is 1. The summed E-state index contributed by atoms with van der Waals surface area (Å²) in [6, 6.07) is 7.74. The predicted octanol–water partition coefficient (Wildman–Crippen LogP) is 4.68. The zero-order chi connectivity index (χ0) is 24.5. The van der Waals surface area contributed by atoms with Crippen molar-refractivity contribution in [3.8, 4) is 0 Å². The van der Waals surface area contributed by atoms with Gasteiger partial charge in [-0.1, -0.05) is 24.4 Å². The lowest BCUT2D eigenvalue weighted by molar-refractivity contribution is -0.147. The zero-order valence-corrected chi connectivity index (χ0v) is 21.2. The van der Waals surface area contributed by atoms with Crippen molar-refractivity contribution in [2.24, 2.45) is 11.8 Å². The number of nitrogens with one attached hydrogen (secondary N) is 1. The van der Waals surface area contributed by atoms with Gasteiger partial charge in [-0.05, 0) is 61.9 Å². The van der Waals surface area contributed by atoms with Gasteiger partial charge < -0.3 is 20.2 Å². The maximum absolute atomic E-state index is 13.7. The number of piperazine rings is 1. The Morgan fingerprint density at radius 3 is 2.31 bits per heavy atom. The standard InChI is InChI=1S/C26H30ClN3O4S/c27-16-8-10-17(11-9-16)29-12-14-30(15-13-29)25(32)22-20-6-3-7-21(20)35-24(22)28-23(31)18-4-1-2-5-19(18)26(33)34/h8-11,18-19H,1-7,12-15H2,(H,28,31)(H,33,34). The number of carbonyl (C=O) groups excluding carboxylic acids is 2. The van der Waals surface area contributed by atoms with Crippen LogP contribution in [-0.4, -0.2) is 54.0 Å². The number of rotatable bonds is 5. The van der Waals surface area contributed by atoms with Gasteiger partial charge in [0, 0.05) is 41.8 Å². The summed E-state index contributed by atoms with van der Waals surface area (Å²) in [5, 5.41) is 13.9. The van der Waals surface area contributed by atoms with Gasteiger partial charge in [-0.2, -0.15) is 0 Å². The molecule has 2 atom stereocenters. The van der Waals surface area contributed by atoms with E-state index >= 15 is 0 Å². The Labute approximate surface area is 214 Å². The molecule has 2 N–H and O–H groups in total. The molecule has 2 heterocycles. The highest BCUT2D eigenvalue weighted by Crippen LogP contribution is 2.41. The molecule has 186 valence electrons. The number of carboxylic acids is 1. The highest BCUT2D eigenvalue weighted by molar-refractivity contribution is 7.17. The van der Waals surface area contributed by atoms with Crippen LogP contribution in [0.4, 0.5) is 10.7 Å². The van der Waals surface area contributed by atoms with Gasteiger partial charge in [0.05, 0.1) is 17.4 Å². The van der Waals surface area contributed by atoms with Crippen LogP contribution in [0, 0.1) is 11.8 Å². The number of anilines is 2. The van der Waals surface area contributed by atoms with E-state index in [0.717, 1.165) is 56.4 Å². The molecule has 1 aromatic heterocycles. The van der Waals surface area contributed by atoms with Gasteiger partial charge in [-0.15, -0.1) is 11.3 Å². The highest BCUT2D eigenvalue weighted by atomic mass is 35.5. The molecule has 0 bridgehead atoms. The fourth-order valence-corrected chi connectivity index (χ4v) is 7.05. The highest BCUT2D eigenvalue weighted by Gasteiger charge is 2.37. The number of carbonyl (C=O) groups is 3. The summed E-state index contributed by atoms with van der Waals surface area (Å²) in [5.74, 6) is -2.42. The average molecular weight is 516 g/mol. The largest absolute Gasteiger partial charge is 0.481 e. The number of aryl methyl sites for hydroxylation is 1. The average Bonchev–Trinajstić information content (AvgIpc) is 3.45. The Kier molecular flexibility index (Phi) is 7.02. The van der Waals surface area contributed by atoms with Crippen molar-refractivity contribution in [2.45, 2.75) is 44.9 Å². The molecular weight excluding hydrogens is 486 g/mol. The van der Waals surface area contributed by atoms with Gasteiger partial charge >= 0.3 is 5.97 Å². The second-order valence-electron chi connectivity index (χ2n) is 9.64. The molecule has 2 unspecified atom stereocenters. The third-order valence-corrected chi connectivity index (χ3v) is 9.01. The monoisotopic (exact) mass is 515 g/mol. The topological polar surface area (TPSA) is 89.9 Å². The van der Waals surface area contributed by atoms with E-state index in [1.807, 2.05) is 29.2 Å². The molecule has 2 aromatic rings. The maximum atomic E-state index is 13.7. The van der Waals surface area contributed by atoms with Gasteiger partial charge in [0.2, 0.25) is 5.91 Å². The fourth-order valence-electron chi connectivity index (χ4n) is 5.64. The second kappa shape index (κ2) is 10.2. The van der Waals surface area contributed by atoms with Gasteiger partial charge in [0.1, 0.15) is 5.00 Å². The van der Waals surface area contributed by atoms with E-state index in [-0.39, 0.29) is 11.8 Å². The van der Waals surface area contributed by atoms with Crippen molar-refractivity contribution in [2.75, 3.05) is 36.4 Å². The van der Waals surface area contributed by atoms with Gasteiger partial charge in [0.15, 0.2) is 0 Å². The summed E-state index contributed by atoms with van der Waals surface area (Å²) in [6.07, 6.45) is 5.56. The Morgan fingerprint density at radius 1 is 0.943 bits per heavy atom. The lowest BCUT2D eigenvalue weighted by Gasteiger charge is -2.36. The van der Waals surface area contributed by atoms with Crippen LogP contribution in [0.3, 0.4) is 0 Å². The van der Waals surface area contributed by atoms with E-state index in [9.17, 15) is 19.5 Å². The SMILES string of the molecule is O=C(O)C1CCCCC1C(=O)Nc1sc2c(c1C(=O)N1CCN(c3ccc(Cl)cc3)CC1)CCC2. The number of benzene rings is 1. The van der Waals surface area contributed by atoms with E-state index < -0.39 is 17.8 Å². The minimum absolute atomic E-state index is 0.0334. The summed E-state index contributed by atoms with van der Waals surface area (Å²) < 4.78 is 0. The number of hydrogen-bond acceptors (Lipinski definition) is 5. The maximum Gasteiger partial charge on any atom is 0.307 e. The van der Waals surface area contributed by atoms with Crippen LogP contribution in [0.2, 0.25) is 5.02 Å². The van der Waals surface area contributed by atoms with Crippen LogP contribution in [0.25, 0.3) is 0 Å². The molecule has 1 aliphatic heterocycles. The van der Waals surface area contributed by atoms with E-state index in [4.69, 9.17) is 11.6 Å². The first-order valence-corrected chi connectivity index (χ1v) is 13.6. The third kappa shape index (κ3) is 4.91. The van der Waals surface area contributed by atoms with Crippen molar-refractivity contribution in [3.05, 3.63) is 45.3 Å². The zero-order valence-electron chi connectivity index (χ0n) is 19.6. The smallest absolute Gasteiger partial charge is 0.307 e. The van der Waals surface area contributed by atoms with Gasteiger partial charge in [-0.25, -0.2) is 0 Å². The van der Waals surface area contributed by atoms with Crippen molar-refractivity contribution >= 4 is 51.4 Å². The van der Waals surface area contributed by atoms with Crippen LogP contribution < -0.4 is 10.2 Å².